The molecule has 6 heteroatoms. The molecular formula is C73H118O6. The molecule has 0 aromatic heterocycles. The van der Waals surface area contributed by atoms with E-state index in [1.54, 1.807) is 0 Å². The van der Waals surface area contributed by atoms with Crippen LogP contribution in [0.25, 0.3) is 0 Å². The van der Waals surface area contributed by atoms with Crippen LogP contribution < -0.4 is 0 Å². The van der Waals surface area contributed by atoms with Crippen molar-refractivity contribution >= 4 is 17.9 Å². The molecule has 0 saturated carbocycles. The summed E-state index contributed by atoms with van der Waals surface area (Å²) in [5.41, 5.74) is 0. The predicted octanol–water partition coefficient (Wildman–Crippen LogP) is 22.3. The lowest BCUT2D eigenvalue weighted by molar-refractivity contribution is -0.167. The molecule has 0 aromatic rings. The van der Waals surface area contributed by atoms with Crippen molar-refractivity contribution in [2.45, 2.75) is 284 Å². The fourth-order valence-electron chi connectivity index (χ4n) is 8.57. The molecule has 0 aliphatic carbocycles. The Morgan fingerprint density at radius 1 is 0.266 bits per heavy atom. The molecule has 1 unspecified atom stereocenters. The highest BCUT2D eigenvalue weighted by molar-refractivity contribution is 5.71. The quantitative estimate of drug-likeness (QED) is 0.0261. The van der Waals surface area contributed by atoms with Gasteiger partial charge in [0.05, 0.1) is 0 Å². The van der Waals surface area contributed by atoms with E-state index in [1.165, 1.54) is 77.0 Å². The molecule has 0 heterocycles. The Hall–Kier alpha value is -4.71. The smallest absolute Gasteiger partial charge is 0.306 e. The highest BCUT2D eigenvalue weighted by atomic mass is 16.6. The van der Waals surface area contributed by atoms with Gasteiger partial charge in [-0.1, -0.05) is 282 Å². The fourth-order valence-corrected chi connectivity index (χ4v) is 8.57. The number of ether oxygens (including phenoxy) is 3. The van der Waals surface area contributed by atoms with Gasteiger partial charge in [0.15, 0.2) is 6.10 Å². The van der Waals surface area contributed by atoms with E-state index in [1.807, 2.05) is 0 Å². The van der Waals surface area contributed by atoms with Crippen molar-refractivity contribution in [1.82, 2.24) is 0 Å². The minimum atomic E-state index is -0.795. The van der Waals surface area contributed by atoms with Crippen LogP contribution in [0.1, 0.15) is 278 Å². The van der Waals surface area contributed by atoms with E-state index < -0.39 is 6.10 Å². The molecule has 0 spiro atoms. The number of allylic oxidation sites excluding steroid dienone is 24. The highest BCUT2D eigenvalue weighted by Crippen LogP contribution is 2.15. The zero-order chi connectivity index (χ0) is 57.1. The summed E-state index contributed by atoms with van der Waals surface area (Å²) in [6, 6.07) is 0. The average molecular weight is 1090 g/mol. The molecule has 0 radical (unpaired) electrons. The van der Waals surface area contributed by atoms with Crippen molar-refractivity contribution < 1.29 is 28.6 Å². The van der Waals surface area contributed by atoms with E-state index >= 15 is 0 Å². The summed E-state index contributed by atoms with van der Waals surface area (Å²) in [5.74, 6) is -0.920. The molecule has 79 heavy (non-hydrogen) atoms. The topological polar surface area (TPSA) is 78.9 Å². The molecule has 0 fully saturated rings. The molecule has 0 N–H and O–H groups in total. The summed E-state index contributed by atoms with van der Waals surface area (Å²) in [6.07, 6.45) is 94.3. The SMILES string of the molecule is CC/C=C\C/C=C\C/C=C\C/C=C\C/C=C\C/C=C\C/C=C\C/C=C\C/C=C\CCCCCCCCCC(=O)OCC(COC(=O)CCCCCCCCCCCCC)OC(=O)CCCCCCC/C=C\C/C=C\C/C=C\CC. The maximum absolute atomic E-state index is 12.9. The van der Waals surface area contributed by atoms with E-state index in [-0.39, 0.29) is 31.1 Å². The zero-order valence-corrected chi connectivity index (χ0v) is 51.1. The van der Waals surface area contributed by atoms with Gasteiger partial charge in [0.25, 0.3) is 0 Å². The van der Waals surface area contributed by atoms with Crippen LogP contribution in [-0.2, 0) is 28.6 Å². The molecule has 0 aromatic carbocycles. The van der Waals surface area contributed by atoms with E-state index in [4.69, 9.17) is 14.2 Å². The van der Waals surface area contributed by atoms with Gasteiger partial charge in [0.2, 0.25) is 0 Å². The van der Waals surface area contributed by atoms with Crippen molar-refractivity contribution in [1.29, 1.82) is 0 Å². The number of rotatable bonds is 57. The number of carbonyl (C=O) groups is 3. The molecule has 1 atom stereocenters. The maximum Gasteiger partial charge on any atom is 0.306 e. The summed E-state index contributed by atoms with van der Waals surface area (Å²) in [5, 5.41) is 0. The van der Waals surface area contributed by atoms with Gasteiger partial charge < -0.3 is 14.2 Å². The number of hydrogen-bond donors (Lipinski definition) is 0. The van der Waals surface area contributed by atoms with Gasteiger partial charge in [0.1, 0.15) is 13.2 Å². The molecule has 0 aliphatic rings. The molecule has 0 saturated heterocycles. The van der Waals surface area contributed by atoms with E-state index in [9.17, 15) is 14.4 Å². The van der Waals surface area contributed by atoms with E-state index in [2.05, 4.69) is 167 Å². The molecule has 0 rings (SSSR count). The lowest BCUT2D eigenvalue weighted by Crippen LogP contribution is -2.30. The van der Waals surface area contributed by atoms with E-state index in [0.717, 1.165) is 161 Å². The van der Waals surface area contributed by atoms with Crippen molar-refractivity contribution in [2.75, 3.05) is 13.2 Å². The van der Waals surface area contributed by atoms with Crippen LogP contribution in [0.5, 0.6) is 0 Å². The van der Waals surface area contributed by atoms with E-state index in [0.29, 0.717) is 19.3 Å². The summed E-state index contributed by atoms with van der Waals surface area (Å²) in [6.45, 7) is 6.38. The third-order valence-corrected chi connectivity index (χ3v) is 13.3. The molecule has 446 valence electrons. The first-order chi connectivity index (χ1) is 39.0. The molecule has 0 bridgehead atoms. The Labute approximate surface area is 487 Å². The Bertz CT molecular complexity index is 1730. The Balaban J connectivity index is 4.25. The first-order valence-electron chi connectivity index (χ1n) is 32.3. The molecule has 0 aliphatic heterocycles. The van der Waals surface area contributed by atoms with Crippen LogP contribution in [0.3, 0.4) is 0 Å². The first-order valence-corrected chi connectivity index (χ1v) is 32.3. The molecule has 6 nitrogen and oxygen atoms in total. The third-order valence-electron chi connectivity index (χ3n) is 13.3. The van der Waals surface area contributed by atoms with Crippen molar-refractivity contribution in [2.24, 2.45) is 0 Å². The molecular weight excluding hydrogens is 973 g/mol. The van der Waals surface area contributed by atoms with Crippen molar-refractivity contribution in [3.8, 4) is 0 Å². The Morgan fingerprint density at radius 3 is 0.772 bits per heavy atom. The van der Waals surface area contributed by atoms with Gasteiger partial charge in [-0.05, 0) is 122 Å². The second-order valence-corrected chi connectivity index (χ2v) is 20.9. The molecule has 0 amide bonds. The zero-order valence-electron chi connectivity index (χ0n) is 51.1. The van der Waals surface area contributed by atoms with Crippen LogP contribution in [0.4, 0.5) is 0 Å². The predicted molar refractivity (Wildman–Crippen MR) is 343 cm³/mol. The summed E-state index contributed by atoms with van der Waals surface area (Å²) >= 11 is 0. The number of hydrogen-bond acceptors (Lipinski definition) is 6. The third kappa shape index (κ3) is 64.0. The first kappa shape index (κ1) is 74.3. The Kier molecular flexibility index (Phi) is 61.9. The highest BCUT2D eigenvalue weighted by Gasteiger charge is 2.19. The second-order valence-electron chi connectivity index (χ2n) is 20.9. The number of carbonyl (C=O) groups excluding carboxylic acids is 3. The minimum absolute atomic E-state index is 0.0902. The van der Waals surface area contributed by atoms with Crippen LogP contribution in [-0.4, -0.2) is 37.2 Å². The second kappa shape index (κ2) is 65.8. The van der Waals surface area contributed by atoms with Gasteiger partial charge in [0, 0.05) is 19.3 Å². The van der Waals surface area contributed by atoms with Crippen molar-refractivity contribution in [3.63, 3.8) is 0 Å². The lowest BCUT2D eigenvalue weighted by Gasteiger charge is -2.18. The summed E-state index contributed by atoms with van der Waals surface area (Å²) < 4.78 is 16.9. The van der Waals surface area contributed by atoms with Crippen LogP contribution >= 0.6 is 0 Å². The van der Waals surface area contributed by atoms with Crippen molar-refractivity contribution in [3.05, 3.63) is 146 Å². The van der Waals surface area contributed by atoms with Gasteiger partial charge >= 0.3 is 17.9 Å². The monoisotopic (exact) mass is 1090 g/mol. The number of unbranched alkanes of at least 4 members (excludes halogenated alkanes) is 22. The average Bonchev–Trinajstić information content (AvgIpc) is 3.45. The summed E-state index contributed by atoms with van der Waals surface area (Å²) in [7, 11) is 0. The normalized spacial score (nSPS) is 13.1. The van der Waals surface area contributed by atoms with Crippen LogP contribution in [0, 0.1) is 0 Å². The Morgan fingerprint density at radius 2 is 0.494 bits per heavy atom. The van der Waals surface area contributed by atoms with Gasteiger partial charge in [-0.3, -0.25) is 14.4 Å². The maximum atomic E-state index is 12.9. The minimum Gasteiger partial charge on any atom is -0.462 e. The van der Waals surface area contributed by atoms with Gasteiger partial charge in [-0.25, -0.2) is 0 Å². The van der Waals surface area contributed by atoms with Gasteiger partial charge in [-0.2, -0.15) is 0 Å². The standard InChI is InChI=1S/C73H118O6/c1-4-7-10-13-16-19-22-24-26-27-28-29-30-31-32-33-34-35-36-37-38-39-40-41-42-43-44-45-47-48-51-54-57-60-63-66-72(75)78-69-70(68-77-71(74)65-62-59-56-53-50-21-18-15-12-9-6-3)79-73(76)67-64-61-58-55-52-49-46-25-23-20-17-14-11-8-5-2/h7-8,10-11,16-17,19-20,24-26,28-29,31-32,34-35,37-38,40-41,43-44,46,70H,4-6,9,12-15,18,21-23,27,30,33,36,39,42,45,47-69H2,1-3H3/b10-7-,11-8-,19-16-,20-17-,26-24-,29-28-,32-31-,35-34-,38-37-,41-40-,44-43-,46-25-. The number of esters is 3. The van der Waals surface area contributed by atoms with Crippen LogP contribution in [0.15, 0.2) is 146 Å². The lowest BCUT2D eigenvalue weighted by atomic mass is 10.1. The summed E-state index contributed by atoms with van der Waals surface area (Å²) in [4.78, 5) is 38.2. The largest absolute Gasteiger partial charge is 0.462 e. The fraction of sp³-hybridized carbons (Fsp3) is 0.630. The van der Waals surface area contributed by atoms with Gasteiger partial charge in [-0.15, -0.1) is 0 Å². The van der Waals surface area contributed by atoms with Crippen LogP contribution in [0.2, 0.25) is 0 Å².